The van der Waals surface area contributed by atoms with Crippen LogP contribution in [0.25, 0.3) is 11.3 Å². The summed E-state index contributed by atoms with van der Waals surface area (Å²) in [5, 5.41) is -0.221. The maximum Gasteiger partial charge on any atom is 0.281 e. The molecule has 1 N–H and O–H groups in total. The highest BCUT2D eigenvalue weighted by Crippen LogP contribution is 2.30. The summed E-state index contributed by atoms with van der Waals surface area (Å²) in [6.07, 6.45) is 2.38. The molecule has 0 unspecified atom stereocenters. The smallest absolute Gasteiger partial charge is 0.281 e. The Morgan fingerprint density at radius 2 is 1.87 bits per heavy atom. The zero-order valence-corrected chi connectivity index (χ0v) is 23.6. The molecule has 0 aliphatic carbocycles. The summed E-state index contributed by atoms with van der Waals surface area (Å²) in [4.78, 5) is 24.2. The van der Waals surface area contributed by atoms with Gasteiger partial charge in [0.25, 0.3) is 15.9 Å². The van der Waals surface area contributed by atoms with Crippen LogP contribution in [0.5, 0.6) is 5.75 Å². The molecule has 1 aromatic carbocycles. The standard InChI is InChI=1S/C29H35FN4O4S/c1-5-23-7-6-8-27(31-23)39(36,37)33-29(35)25-9-10-26(32-28(25)34-13-11-20(4)12-14-34)21-15-22(30)17-24(16-21)38-18-19(2)3/h6-10,15-17,19-20H,5,11-14,18H2,1-4H3,(H,33,35). The fraction of sp³-hybridized carbons (Fsp3) is 0.414. The molecule has 1 saturated heterocycles. The van der Waals surface area contributed by atoms with Crippen molar-refractivity contribution in [1.29, 1.82) is 0 Å². The van der Waals surface area contributed by atoms with Gasteiger partial charge in [-0.2, -0.15) is 8.42 Å². The Labute approximate surface area is 229 Å². The van der Waals surface area contributed by atoms with Gasteiger partial charge in [-0.25, -0.2) is 19.1 Å². The highest BCUT2D eigenvalue weighted by Gasteiger charge is 2.27. The number of carbonyl (C=O) groups excluding carboxylic acids is 1. The molecule has 208 valence electrons. The maximum atomic E-state index is 14.5. The summed E-state index contributed by atoms with van der Waals surface area (Å²) >= 11 is 0. The van der Waals surface area contributed by atoms with E-state index in [1.807, 2.05) is 25.7 Å². The minimum absolute atomic E-state index is 0.121. The minimum Gasteiger partial charge on any atom is -0.493 e. The van der Waals surface area contributed by atoms with Crippen LogP contribution in [-0.2, 0) is 16.4 Å². The fourth-order valence-electron chi connectivity index (χ4n) is 4.34. The molecule has 39 heavy (non-hydrogen) atoms. The topological polar surface area (TPSA) is 101 Å². The van der Waals surface area contributed by atoms with E-state index >= 15 is 0 Å². The molecule has 10 heteroatoms. The number of carbonyl (C=O) groups is 1. The van der Waals surface area contributed by atoms with Crippen molar-refractivity contribution < 1.29 is 22.3 Å². The second kappa shape index (κ2) is 12.1. The molecule has 3 aromatic rings. The predicted octanol–water partition coefficient (Wildman–Crippen LogP) is 5.23. The molecule has 0 atom stereocenters. The summed E-state index contributed by atoms with van der Waals surface area (Å²) in [6, 6.07) is 12.2. The van der Waals surface area contributed by atoms with E-state index in [1.54, 1.807) is 24.3 Å². The van der Waals surface area contributed by atoms with Crippen molar-refractivity contribution in [2.45, 2.75) is 52.0 Å². The number of pyridine rings is 2. The zero-order chi connectivity index (χ0) is 28.2. The summed E-state index contributed by atoms with van der Waals surface area (Å²) in [5.41, 5.74) is 1.68. The minimum atomic E-state index is -4.21. The Bertz CT molecular complexity index is 1440. The summed E-state index contributed by atoms with van der Waals surface area (Å²) in [7, 11) is -4.21. The van der Waals surface area contributed by atoms with Crippen molar-refractivity contribution in [2.75, 3.05) is 24.6 Å². The number of ether oxygens (including phenoxy) is 1. The second-order valence-corrected chi connectivity index (χ2v) is 12.0. The molecular formula is C29H35FN4O4S. The molecule has 0 spiro atoms. The van der Waals surface area contributed by atoms with Gasteiger partial charge in [0.2, 0.25) is 0 Å². The number of amides is 1. The quantitative estimate of drug-likeness (QED) is 0.386. The van der Waals surface area contributed by atoms with Gasteiger partial charge in [0.05, 0.1) is 17.9 Å². The number of sulfonamides is 1. The van der Waals surface area contributed by atoms with Gasteiger partial charge < -0.3 is 9.64 Å². The van der Waals surface area contributed by atoms with Crippen LogP contribution < -0.4 is 14.4 Å². The molecule has 4 rings (SSSR count). The van der Waals surface area contributed by atoms with Gasteiger partial charge >= 0.3 is 0 Å². The SMILES string of the molecule is CCc1cccc(S(=O)(=O)NC(=O)c2ccc(-c3cc(F)cc(OCC(C)C)c3)nc2N2CCC(C)CC2)n1. The van der Waals surface area contributed by atoms with E-state index in [9.17, 15) is 17.6 Å². The molecule has 1 amide bonds. The van der Waals surface area contributed by atoms with E-state index in [0.717, 1.165) is 12.8 Å². The number of hydrogen-bond donors (Lipinski definition) is 1. The lowest BCUT2D eigenvalue weighted by Gasteiger charge is -2.32. The molecular weight excluding hydrogens is 519 g/mol. The van der Waals surface area contributed by atoms with Gasteiger partial charge in [-0.05, 0) is 67.5 Å². The monoisotopic (exact) mass is 554 g/mol. The van der Waals surface area contributed by atoms with Crippen molar-refractivity contribution in [3.05, 3.63) is 65.6 Å². The van der Waals surface area contributed by atoms with Crippen LogP contribution in [0.2, 0.25) is 0 Å². The third kappa shape index (κ3) is 7.11. The van der Waals surface area contributed by atoms with Crippen molar-refractivity contribution in [3.63, 3.8) is 0 Å². The van der Waals surface area contributed by atoms with E-state index in [0.29, 0.717) is 60.6 Å². The Morgan fingerprint density at radius 1 is 1.13 bits per heavy atom. The van der Waals surface area contributed by atoms with Crippen LogP contribution in [-0.4, -0.2) is 44.0 Å². The number of piperidine rings is 1. The van der Waals surface area contributed by atoms with Crippen molar-refractivity contribution >= 4 is 21.7 Å². The predicted molar refractivity (Wildman–Crippen MR) is 149 cm³/mol. The summed E-state index contributed by atoms with van der Waals surface area (Å²) < 4.78 is 48.4. The number of hydrogen-bond acceptors (Lipinski definition) is 7. The first-order valence-corrected chi connectivity index (χ1v) is 14.8. The lowest BCUT2D eigenvalue weighted by molar-refractivity contribution is 0.0981. The molecule has 1 aliphatic rings. The molecule has 2 aromatic heterocycles. The molecule has 0 saturated carbocycles. The van der Waals surface area contributed by atoms with E-state index in [4.69, 9.17) is 9.72 Å². The number of aryl methyl sites for hydroxylation is 1. The molecule has 1 aliphatic heterocycles. The van der Waals surface area contributed by atoms with Crippen molar-refractivity contribution in [1.82, 2.24) is 14.7 Å². The van der Waals surface area contributed by atoms with E-state index in [-0.39, 0.29) is 16.5 Å². The molecule has 8 nitrogen and oxygen atoms in total. The molecule has 0 radical (unpaired) electrons. The number of benzene rings is 1. The normalized spacial score (nSPS) is 14.5. The Hall–Kier alpha value is -3.53. The number of rotatable bonds is 9. The van der Waals surface area contributed by atoms with E-state index in [2.05, 4.69) is 16.6 Å². The second-order valence-electron chi connectivity index (χ2n) is 10.4. The van der Waals surface area contributed by atoms with Gasteiger partial charge in [-0.1, -0.05) is 33.8 Å². The molecule has 0 bridgehead atoms. The Balaban J connectivity index is 1.70. The highest BCUT2D eigenvalue weighted by molar-refractivity contribution is 7.90. The molecule has 1 fully saturated rings. The number of aromatic nitrogens is 2. The van der Waals surface area contributed by atoms with Crippen LogP contribution in [0.3, 0.4) is 0 Å². The largest absolute Gasteiger partial charge is 0.493 e. The number of nitrogens with zero attached hydrogens (tertiary/aromatic N) is 3. The first kappa shape index (κ1) is 28.5. The van der Waals surface area contributed by atoms with Crippen LogP contribution in [0, 0.1) is 17.7 Å². The van der Waals surface area contributed by atoms with Crippen LogP contribution in [0.4, 0.5) is 10.2 Å². The van der Waals surface area contributed by atoms with Crippen LogP contribution >= 0.6 is 0 Å². The van der Waals surface area contributed by atoms with Crippen LogP contribution in [0.15, 0.2) is 53.6 Å². The average molecular weight is 555 g/mol. The first-order chi connectivity index (χ1) is 18.6. The molecule has 3 heterocycles. The average Bonchev–Trinajstić information content (AvgIpc) is 2.91. The Kier molecular flexibility index (Phi) is 8.84. The third-order valence-corrected chi connectivity index (χ3v) is 7.83. The number of halogens is 1. The Morgan fingerprint density at radius 3 is 2.56 bits per heavy atom. The number of anilines is 1. The highest BCUT2D eigenvalue weighted by atomic mass is 32.2. The lowest BCUT2D eigenvalue weighted by atomic mass is 9.98. The van der Waals surface area contributed by atoms with Gasteiger partial charge in [-0.3, -0.25) is 4.79 Å². The zero-order valence-electron chi connectivity index (χ0n) is 22.8. The fourth-order valence-corrected chi connectivity index (χ4v) is 5.29. The summed E-state index contributed by atoms with van der Waals surface area (Å²) in [5.74, 6) is 0.294. The van der Waals surface area contributed by atoms with Gasteiger partial charge in [0.15, 0.2) is 5.03 Å². The number of nitrogens with one attached hydrogen (secondary N) is 1. The van der Waals surface area contributed by atoms with Crippen molar-refractivity contribution in [2.24, 2.45) is 11.8 Å². The van der Waals surface area contributed by atoms with Crippen molar-refractivity contribution in [3.8, 4) is 17.0 Å². The first-order valence-electron chi connectivity index (χ1n) is 13.3. The van der Waals surface area contributed by atoms with E-state index in [1.165, 1.54) is 24.3 Å². The van der Waals surface area contributed by atoms with Crippen LogP contribution in [0.1, 0.15) is 56.6 Å². The van der Waals surface area contributed by atoms with E-state index < -0.39 is 21.7 Å². The van der Waals surface area contributed by atoms with Gasteiger partial charge in [0, 0.05) is 30.4 Å². The third-order valence-electron chi connectivity index (χ3n) is 6.60. The lowest BCUT2D eigenvalue weighted by Crippen LogP contribution is -2.37. The maximum absolute atomic E-state index is 14.5. The van der Waals surface area contributed by atoms with Gasteiger partial charge in [-0.15, -0.1) is 0 Å². The summed E-state index contributed by atoms with van der Waals surface area (Å²) in [6.45, 7) is 9.82. The van der Waals surface area contributed by atoms with Gasteiger partial charge in [0.1, 0.15) is 17.4 Å².